The second-order valence-corrected chi connectivity index (χ2v) is 5.68. The number of hydrogen-bond acceptors (Lipinski definition) is 4. The fourth-order valence-electron chi connectivity index (χ4n) is 2.23. The summed E-state index contributed by atoms with van der Waals surface area (Å²) in [5.41, 5.74) is 10.4. The minimum Gasteiger partial charge on any atom is -0.383 e. The van der Waals surface area contributed by atoms with Crippen molar-refractivity contribution < 1.29 is 4.74 Å². The third-order valence-corrected chi connectivity index (χ3v) is 3.78. The molecule has 0 radical (unpaired) electrons. The molecule has 0 aliphatic heterocycles. The highest BCUT2D eigenvalue weighted by Gasteiger charge is 2.10. The van der Waals surface area contributed by atoms with E-state index < -0.39 is 0 Å². The number of aryl methyl sites for hydroxylation is 2. The summed E-state index contributed by atoms with van der Waals surface area (Å²) in [5, 5.41) is 0. The van der Waals surface area contributed by atoms with Crippen molar-refractivity contribution in [1.82, 2.24) is 9.97 Å². The van der Waals surface area contributed by atoms with E-state index in [2.05, 4.69) is 57.9 Å². The number of nitrogen functional groups attached to an aromatic ring is 1. The van der Waals surface area contributed by atoms with Crippen molar-refractivity contribution in [2.75, 3.05) is 12.8 Å². The van der Waals surface area contributed by atoms with Crippen LogP contribution in [0.25, 0.3) is 0 Å². The summed E-state index contributed by atoms with van der Waals surface area (Å²) in [7, 11) is 1.63. The third-order valence-electron chi connectivity index (χ3n) is 2.92. The number of ether oxygens (including phenoxy) is 1. The molecular formula is C15H18BrN3O. The molecule has 0 spiro atoms. The molecule has 0 atom stereocenters. The summed E-state index contributed by atoms with van der Waals surface area (Å²) in [5.74, 6) is 1.16. The van der Waals surface area contributed by atoms with Gasteiger partial charge in [0.25, 0.3) is 0 Å². The Bertz CT molecular complexity index is 609. The first-order valence-electron chi connectivity index (χ1n) is 6.36. The van der Waals surface area contributed by atoms with Crippen LogP contribution in [0.1, 0.15) is 28.2 Å². The van der Waals surface area contributed by atoms with Gasteiger partial charge in [0.2, 0.25) is 0 Å². The van der Waals surface area contributed by atoms with E-state index in [1.54, 1.807) is 7.11 Å². The Morgan fingerprint density at radius 3 is 2.40 bits per heavy atom. The minimum absolute atomic E-state index is 0.410. The van der Waals surface area contributed by atoms with Gasteiger partial charge in [-0.1, -0.05) is 29.3 Å². The molecule has 20 heavy (non-hydrogen) atoms. The lowest BCUT2D eigenvalue weighted by Crippen LogP contribution is -2.07. The SMILES string of the molecule is COCc1nc(Cc2cc(C)cc(C)c2)nc(N)c1Br. The summed E-state index contributed by atoms with van der Waals surface area (Å²) >= 11 is 3.39. The summed E-state index contributed by atoms with van der Waals surface area (Å²) in [6.45, 7) is 4.58. The molecule has 2 aromatic rings. The maximum atomic E-state index is 5.91. The number of benzene rings is 1. The molecule has 2 rings (SSSR count). The second-order valence-electron chi connectivity index (χ2n) is 4.89. The van der Waals surface area contributed by atoms with Gasteiger partial charge < -0.3 is 10.5 Å². The molecule has 0 saturated heterocycles. The third kappa shape index (κ3) is 3.55. The summed E-state index contributed by atoms with van der Waals surface area (Å²) in [6, 6.07) is 6.44. The average Bonchev–Trinajstić information content (AvgIpc) is 2.34. The molecule has 0 aliphatic rings. The molecule has 1 aromatic carbocycles. The zero-order valence-electron chi connectivity index (χ0n) is 11.9. The van der Waals surface area contributed by atoms with Crippen LogP contribution in [0.2, 0.25) is 0 Å². The maximum Gasteiger partial charge on any atom is 0.141 e. The van der Waals surface area contributed by atoms with Crippen LogP contribution in [0.4, 0.5) is 5.82 Å². The molecule has 106 valence electrons. The Morgan fingerprint density at radius 1 is 1.15 bits per heavy atom. The molecular weight excluding hydrogens is 318 g/mol. The van der Waals surface area contributed by atoms with Gasteiger partial charge in [-0.05, 0) is 35.3 Å². The van der Waals surface area contributed by atoms with E-state index in [-0.39, 0.29) is 0 Å². The number of hydrogen-bond donors (Lipinski definition) is 1. The van der Waals surface area contributed by atoms with Gasteiger partial charge in [0.15, 0.2) is 0 Å². The molecule has 2 N–H and O–H groups in total. The number of halogens is 1. The number of methoxy groups -OCH3 is 1. The van der Waals surface area contributed by atoms with Crippen molar-refractivity contribution in [3.8, 4) is 0 Å². The fourth-order valence-corrected chi connectivity index (χ4v) is 2.52. The van der Waals surface area contributed by atoms with Crippen molar-refractivity contribution >= 4 is 21.7 Å². The van der Waals surface area contributed by atoms with Crippen molar-refractivity contribution in [1.29, 1.82) is 0 Å². The Morgan fingerprint density at radius 2 is 1.80 bits per heavy atom. The molecule has 4 nitrogen and oxygen atoms in total. The van der Waals surface area contributed by atoms with Crippen LogP contribution in [0.15, 0.2) is 22.7 Å². The van der Waals surface area contributed by atoms with Crippen molar-refractivity contribution in [2.24, 2.45) is 0 Å². The number of nitrogens with zero attached hydrogens (tertiary/aromatic N) is 2. The monoisotopic (exact) mass is 335 g/mol. The molecule has 0 amide bonds. The summed E-state index contributed by atoms with van der Waals surface area (Å²) < 4.78 is 5.84. The van der Waals surface area contributed by atoms with E-state index in [1.165, 1.54) is 16.7 Å². The lowest BCUT2D eigenvalue weighted by atomic mass is 10.0. The Balaban J connectivity index is 2.33. The van der Waals surface area contributed by atoms with E-state index in [0.29, 0.717) is 29.1 Å². The van der Waals surface area contributed by atoms with Crippen LogP contribution >= 0.6 is 15.9 Å². The predicted octanol–water partition coefficient (Wildman–Crippen LogP) is 3.18. The van der Waals surface area contributed by atoms with Crippen molar-refractivity contribution in [3.05, 3.63) is 50.9 Å². The number of anilines is 1. The van der Waals surface area contributed by atoms with E-state index >= 15 is 0 Å². The molecule has 5 heteroatoms. The van der Waals surface area contributed by atoms with Crippen LogP contribution in [0.5, 0.6) is 0 Å². The molecule has 0 unspecified atom stereocenters. The van der Waals surface area contributed by atoms with E-state index in [1.807, 2.05) is 0 Å². The highest BCUT2D eigenvalue weighted by atomic mass is 79.9. The van der Waals surface area contributed by atoms with Gasteiger partial charge in [0.05, 0.1) is 16.8 Å². The number of aromatic nitrogens is 2. The molecule has 1 heterocycles. The van der Waals surface area contributed by atoms with Crippen LogP contribution < -0.4 is 5.73 Å². The standard InChI is InChI=1S/C15H18BrN3O/c1-9-4-10(2)6-11(5-9)7-13-18-12(8-20-3)14(16)15(17)19-13/h4-6H,7-8H2,1-3H3,(H2,17,18,19). The predicted molar refractivity (Wildman–Crippen MR) is 83.6 cm³/mol. The van der Waals surface area contributed by atoms with Crippen LogP contribution in [-0.4, -0.2) is 17.1 Å². The van der Waals surface area contributed by atoms with Gasteiger partial charge in [-0.25, -0.2) is 9.97 Å². The Kier molecular flexibility index (Phi) is 4.73. The van der Waals surface area contributed by atoms with E-state index in [0.717, 1.165) is 5.69 Å². The van der Waals surface area contributed by atoms with Crippen LogP contribution in [-0.2, 0) is 17.8 Å². The lowest BCUT2D eigenvalue weighted by molar-refractivity contribution is 0.180. The van der Waals surface area contributed by atoms with Crippen LogP contribution in [0, 0.1) is 13.8 Å². The average molecular weight is 336 g/mol. The van der Waals surface area contributed by atoms with Gasteiger partial charge in [-0.15, -0.1) is 0 Å². The summed E-state index contributed by atoms with van der Waals surface area (Å²) in [6.07, 6.45) is 0.663. The van der Waals surface area contributed by atoms with Crippen molar-refractivity contribution in [2.45, 2.75) is 26.9 Å². The van der Waals surface area contributed by atoms with Crippen LogP contribution in [0.3, 0.4) is 0 Å². The minimum atomic E-state index is 0.410. The Hall–Kier alpha value is -1.46. The van der Waals surface area contributed by atoms with Gasteiger partial charge >= 0.3 is 0 Å². The van der Waals surface area contributed by atoms with Gasteiger partial charge in [-0.3, -0.25) is 0 Å². The highest BCUT2D eigenvalue weighted by molar-refractivity contribution is 9.10. The fraction of sp³-hybridized carbons (Fsp3) is 0.333. The molecule has 0 aliphatic carbocycles. The zero-order valence-corrected chi connectivity index (χ0v) is 13.5. The van der Waals surface area contributed by atoms with E-state index in [9.17, 15) is 0 Å². The maximum absolute atomic E-state index is 5.91. The highest BCUT2D eigenvalue weighted by Crippen LogP contribution is 2.22. The first-order valence-corrected chi connectivity index (χ1v) is 7.15. The molecule has 0 fully saturated rings. The quantitative estimate of drug-likeness (QED) is 0.932. The normalized spacial score (nSPS) is 10.8. The largest absolute Gasteiger partial charge is 0.383 e. The van der Waals surface area contributed by atoms with Gasteiger partial charge in [0.1, 0.15) is 11.6 Å². The van der Waals surface area contributed by atoms with Crippen molar-refractivity contribution in [3.63, 3.8) is 0 Å². The van der Waals surface area contributed by atoms with Gasteiger partial charge in [-0.2, -0.15) is 0 Å². The zero-order chi connectivity index (χ0) is 14.7. The topological polar surface area (TPSA) is 61.0 Å². The first kappa shape index (κ1) is 14.9. The number of rotatable bonds is 4. The lowest BCUT2D eigenvalue weighted by Gasteiger charge is -2.09. The molecule has 0 bridgehead atoms. The Labute approximate surface area is 127 Å². The summed E-state index contributed by atoms with van der Waals surface area (Å²) in [4.78, 5) is 8.85. The second kappa shape index (κ2) is 6.33. The van der Waals surface area contributed by atoms with Gasteiger partial charge in [0, 0.05) is 13.5 Å². The number of nitrogens with two attached hydrogens (primary N) is 1. The first-order chi connectivity index (χ1) is 9.49. The molecule has 0 saturated carbocycles. The van der Waals surface area contributed by atoms with E-state index in [4.69, 9.17) is 10.5 Å². The molecule has 1 aromatic heterocycles. The smallest absolute Gasteiger partial charge is 0.141 e.